The van der Waals surface area contributed by atoms with Crippen LogP contribution in [0.25, 0.3) is 0 Å². The van der Waals surface area contributed by atoms with E-state index < -0.39 is 19.9 Å². The average Bonchev–Trinajstić information content (AvgIpc) is 3.13. The molecule has 0 aromatic heterocycles. The van der Waals surface area contributed by atoms with Gasteiger partial charge in [0.15, 0.2) is 9.84 Å². The van der Waals surface area contributed by atoms with E-state index in [0.29, 0.717) is 37.5 Å². The summed E-state index contributed by atoms with van der Waals surface area (Å²) in [6.45, 7) is 7.81. The molecule has 33 heavy (non-hydrogen) atoms. The number of hydrogen-bond donors (Lipinski definition) is 0. The Bertz CT molecular complexity index is 1020. The first kappa shape index (κ1) is 26.1. The van der Waals surface area contributed by atoms with Gasteiger partial charge in [0.05, 0.1) is 22.9 Å². The van der Waals surface area contributed by atoms with Gasteiger partial charge in [0.25, 0.3) is 0 Å². The fourth-order valence-corrected chi connectivity index (χ4v) is 7.80. The van der Waals surface area contributed by atoms with Gasteiger partial charge in [-0.2, -0.15) is 4.31 Å². The maximum atomic E-state index is 13.2. The highest BCUT2D eigenvalue weighted by Crippen LogP contribution is 2.23. The van der Waals surface area contributed by atoms with Crippen LogP contribution in [0.3, 0.4) is 0 Å². The molecular formula is C23H37N3O5S2. The number of rotatable bonds is 9. The van der Waals surface area contributed by atoms with Crippen LogP contribution in [0.5, 0.6) is 0 Å². The SMILES string of the molecule is CCCc1ccc(S(=O)(=O)N2CCN(CC(=O)N([C@@H]3CCS(=O)(=O)C3)[C@H](C)CC)CC2)cc1. The molecule has 0 unspecified atom stereocenters. The average molecular weight is 500 g/mol. The number of carbonyl (C=O) groups is 1. The first-order valence-corrected chi connectivity index (χ1v) is 15.2. The highest BCUT2D eigenvalue weighted by atomic mass is 32.2. The van der Waals surface area contributed by atoms with Crippen molar-refractivity contribution in [1.29, 1.82) is 0 Å². The molecule has 2 aliphatic rings. The molecule has 8 nitrogen and oxygen atoms in total. The molecule has 2 atom stereocenters. The molecule has 1 aromatic rings. The normalized spacial score (nSPS) is 22.8. The molecule has 2 aliphatic heterocycles. The molecule has 0 N–H and O–H groups in total. The van der Waals surface area contributed by atoms with E-state index in [0.717, 1.165) is 24.8 Å². The maximum absolute atomic E-state index is 13.2. The molecule has 1 amide bonds. The molecular weight excluding hydrogens is 462 g/mol. The smallest absolute Gasteiger partial charge is 0.243 e. The molecule has 2 heterocycles. The fourth-order valence-electron chi connectivity index (χ4n) is 4.67. The third-order valence-corrected chi connectivity index (χ3v) is 10.4. The fraction of sp³-hybridized carbons (Fsp3) is 0.696. The zero-order chi connectivity index (χ0) is 24.2. The standard InChI is InChI=1S/C23H37N3O5S2/c1-4-6-20-7-9-22(10-8-20)33(30,31)25-14-12-24(13-15-25)17-23(27)26(19(3)5-2)21-11-16-32(28,29)18-21/h7-10,19,21H,4-6,11-18H2,1-3H3/t19-,21-/m1/s1. The Kier molecular flexibility index (Phi) is 8.58. The number of amides is 1. The summed E-state index contributed by atoms with van der Waals surface area (Å²) in [5, 5.41) is 0. The Balaban J connectivity index is 1.60. The van der Waals surface area contributed by atoms with Gasteiger partial charge >= 0.3 is 0 Å². The number of hydrogen-bond acceptors (Lipinski definition) is 6. The second kappa shape index (κ2) is 10.8. The molecule has 1 aromatic carbocycles. The minimum absolute atomic E-state index is 0.0339. The van der Waals surface area contributed by atoms with Crippen LogP contribution in [0.2, 0.25) is 0 Å². The van der Waals surface area contributed by atoms with Crippen molar-refractivity contribution in [2.45, 2.75) is 63.4 Å². The van der Waals surface area contributed by atoms with Crippen molar-refractivity contribution in [2.24, 2.45) is 0 Å². The summed E-state index contributed by atoms with van der Waals surface area (Å²) >= 11 is 0. The predicted octanol–water partition coefficient (Wildman–Crippen LogP) is 1.76. The van der Waals surface area contributed by atoms with Gasteiger partial charge in [0, 0.05) is 38.3 Å². The van der Waals surface area contributed by atoms with Crippen molar-refractivity contribution in [3.8, 4) is 0 Å². The number of aryl methyl sites for hydroxylation is 1. The summed E-state index contributed by atoms with van der Waals surface area (Å²) < 4.78 is 51.5. The summed E-state index contributed by atoms with van der Waals surface area (Å²) in [6, 6.07) is 6.80. The van der Waals surface area contributed by atoms with Crippen LogP contribution < -0.4 is 0 Å². The number of carbonyl (C=O) groups excluding carboxylic acids is 1. The van der Waals surface area contributed by atoms with Gasteiger partial charge in [-0.3, -0.25) is 9.69 Å². The molecule has 2 fully saturated rings. The number of sulfone groups is 1. The number of benzene rings is 1. The molecule has 2 saturated heterocycles. The summed E-state index contributed by atoms with van der Waals surface area (Å²) in [4.78, 5) is 17.2. The zero-order valence-electron chi connectivity index (χ0n) is 19.9. The second-order valence-corrected chi connectivity index (χ2v) is 13.4. The number of piperazine rings is 1. The maximum Gasteiger partial charge on any atom is 0.243 e. The molecule has 0 radical (unpaired) electrons. The van der Waals surface area contributed by atoms with Crippen molar-refractivity contribution < 1.29 is 21.6 Å². The van der Waals surface area contributed by atoms with Crippen LogP contribution in [0.4, 0.5) is 0 Å². The summed E-state index contributed by atoms with van der Waals surface area (Å²) in [6.07, 6.45) is 3.18. The Labute approximate surface area is 198 Å². The van der Waals surface area contributed by atoms with E-state index in [4.69, 9.17) is 0 Å². The molecule has 0 aliphatic carbocycles. The molecule has 10 heteroatoms. The monoisotopic (exact) mass is 499 g/mol. The van der Waals surface area contributed by atoms with Gasteiger partial charge in [-0.15, -0.1) is 0 Å². The Morgan fingerprint density at radius 3 is 2.27 bits per heavy atom. The van der Waals surface area contributed by atoms with Crippen LogP contribution in [0.1, 0.15) is 45.6 Å². The lowest BCUT2D eigenvalue weighted by Gasteiger charge is -2.38. The zero-order valence-corrected chi connectivity index (χ0v) is 21.6. The largest absolute Gasteiger partial charge is 0.335 e. The van der Waals surface area contributed by atoms with E-state index in [1.807, 2.05) is 30.9 Å². The lowest BCUT2D eigenvalue weighted by atomic mass is 10.1. The first-order chi connectivity index (χ1) is 15.6. The van der Waals surface area contributed by atoms with Crippen molar-refractivity contribution in [3.63, 3.8) is 0 Å². The first-order valence-electron chi connectivity index (χ1n) is 11.9. The van der Waals surface area contributed by atoms with Gasteiger partial charge in [-0.1, -0.05) is 32.4 Å². The molecule has 0 bridgehead atoms. The molecule has 186 valence electrons. The van der Waals surface area contributed by atoms with Crippen LogP contribution >= 0.6 is 0 Å². The third kappa shape index (κ3) is 6.35. The van der Waals surface area contributed by atoms with Crippen molar-refractivity contribution in [2.75, 3.05) is 44.2 Å². The van der Waals surface area contributed by atoms with Gasteiger partial charge in [-0.05, 0) is 43.9 Å². The lowest BCUT2D eigenvalue weighted by molar-refractivity contribution is -0.137. The quantitative estimate of drug-likeness (QED) is 0.514. The minimum atomic E-state index is -3.56. The van der Waals surface area contributed by atoms with E-state index in [1.165, 1.54) is 4.31 Å². The Morgan fingerprint density at radius 1 is 1.12 bits per heavy atom. The number of sulfonamides is 1. The van der Waals surface area contributed by atoms with E-state index in [1.54, 1.807) is 17.0 Å². The molecule has 0 spiro atoms. The van der Waals surface area contributed by atoms with E-state index in [2.05, 4.69) is 6.92 Å². The predicted molar refractivity (Wildman–Crippen MR) is 129 cm³/mol. The Hall–Kier alpha value is -1.49. The van der Waals surface area contributed by atoms with Crippen LogP contribution in [-0.2, 0) is 31.1 Å². The summed E-state index contributed by atoms with van der Waals surface area (Å²) in [7, 11) is -6.65. The van der Waals surface area contributed by atoms with Crippen molar-refractivity contribution in [3.05, 3.63) is 29.8 Å². The van der Waals surface area contributed by atoms with Gasteiger partial charge in [-0.25, -0.2) is 16.8 Å². The summed E-state index contributed by atoms with van der Waals surface area (Å²) in [5.41, 5.74) is 1.13. The van der Waals surface area contributed by atoms with Crippen LogP contribution in [-0.4, -0.2) is 93.2 Å². The minimum Gasteiger partial charge on any atom is -0.335 e. The van der Waals surface area contributed by atoms with Gasteiger partial charge < -0.3 is 4.90 Å². The van der Waals surface area contributed by atoms with Crippen LogP contribution in [0, 0.1) is 0 Å². The van der Waals surface area contributed by atoms with Crippen molar-refractivity contribution in [1.82, 2.24) is 14.1 Å². The van der Waals surface area contributed by atoms with E-state index in [9.17, 15) is 21.6 Å². The topological polar surface area (TPSA) is 95.1 Å². The Morgan fingerprint density at radius 2 is 1.76 bits per heavy atom. The van der Waals surface area contributed by atoms with Gasteiger partial charge in [0.1, 0.15) is 0 Å². The highest BCUT2D eigenvalue weighted by Gasteiger charge is 2.37. The number of nitrogens with zero attached hydrogens (tertiary/aromatic N) is 3. The van der Waals surface area contributed by atoms with Gasteiger partial charge in [0.2, 0.25) is 15.9 Å². The second-order valence-electron chi connectivity index (χ2n) is 9.19. The highest BCUT2D eigenvalue weighted by molar-refractivity contribution is 7.91. The van der Waals surface area contributed by atoms with E-state index >= 15 is 0 Å². The summed E-state index contributed by atoms with van der Waals surface area (Å²) in [5.74, 6) is 0.0919. The van der Waals surface area contributed by atoms with Crippen LogP contribution in [0.15, 0.2) is 29.2 Å². The van der Waals surface area contributed by atoms with E-state index in [-0.39, 0.29) is 36.0 Å². The lowest BCUT2D eigenvalue weighted by Crippen LogP contribution is -2.54. The third-order valence-electron chi connectivity index (χ3n) is 6.75. The molecule has 0 saturated carbocycles. The van der Waals surface area contributed by atoms with Crippen molar-refractivity contribution >= 4 is 25.8 Å². The molecule has 3 rings (SSSR count).